The number of carbonyl (C=O) groups is 1. The van der Waals surface area contributed by atoms with Gasteiger partial charge in [-0.1, -0.05) is 45.6 Å². The van der Waals surface area contributed by atoms with Crippen molar-refractivity contribution in [3.8, 4) is 5.75 Å². The number of ether oxygens (including phenoxy) is 1. The van der Waals surface area contributed by atoms with Crippen molar-refractivity contribution in [2.75, 3.05) is 0 Å². The lowest BCUT2D eigenvalue weighted by molar-refractivity contribution is 0.102. The van der Waals surface area contributed by atoms with Crippen LogP contribution in [0.2, 0.25) is 10.2 Å². The average Bonchev–Trinajstić information content (AvgIpc) is 2.84. The van der Waals surface area contributed by atoms with Gasteiger partial charge in [0.25, 0.3) is 0 Å². The summed E-state index contributed by atoms with van der Waals surface area (Å²) in [5, 5.41) is 0.529. The molecule has 0 unspecified atom stereocenters. The molecular formula is C17H15Br2Cl2NO2. The van der Waals surface area contributed by atoms with Crippen LogP contribution in [0.3, 0.4) is 0 Å². The number of benzene rings is 1. The van der Waals surface area contributed by atoms with Crippen LogP contribution in [0.5, 0.6) is 5.75 Å². The van der Waals surface area contributed by atoms with E-state index in [2.05, 4.69) is 36.8 Å². The van der Waals surface area contributed by atoms with Crippen molar-refractivity contribution in [2.45, 2.75) is 38.2 Å². The zero-order valence-electron chi connectivity index (χ0n) is 12.7. The average molecular weight is 496 g/mol. The van der Waals surface area contributed by atoms with Crippen molar-refractivity contribution in [1.82, 2.24) is 4.98 Å². The SMILES string of the molecule is O=C(c1cc(Br)ccc1OC1CCCCC1)c1[nH]c(Cl)c(Cl)c1Br. The van der Waals surface area contributed by atoms with Crippen LogP contribution >= 0.6 is 55.1 Å². The van der Waals surface area contributed by atoms with E-state index in [1.807, 2.05) is 12.1 Å². The lowest BCUT2D eigenvalue weighted by Gasteiger charge is -2.24. The summed E-state index contributed by atoms with van der Waals surface area (Å²) in [6.45, 7) is 0. The fraction of sp³-hybridized carbons (Fsp3) is 0.353. The van der Waals surface area contributed by atoms with Crippen LogP contribution < -0.4 is 4.74 Å². The number of ketones is 1. The predicted molar refractivity (Wildman–Crippen MR) is 104 cm³/mol. The first-order valence-corrected chi connectivity index (χ1v) is 10.0. The van der Waals surface area contributed by atoms with E-state index < -0.39 is 0 Å². The summed E-state index contributed by atoms with van der Waals surface area (Å²) in [7, 11) is 0. The number of carbonyl (C=O) groups excluding carboxylic acids is 1. The van der Waals surface area contributed by atoms with Gasteiger partial charge in [0, 0.05) is 4.47 Å². The minimum absolute atomic E-state index is 0.158. The van der Waals surface area contributed by atoms with E-state index in [1.54, 1.807) is 6.07 Å². The molecule has 1 aromatic heterocycles. The second-order valence-corrected chi connectivity index (χ2v) is 8.25. The van der Waals surface area contributed by atoms with Crippen molar-refractivity contribution in [2.24, 2.45) is 0 Å². The van der Waals surface area contributed by atoms with E-state index in [-0.39, 0.29) is 17.0 Å². The van der Waals surface area contributed by atoms with Crippen molar-refractivity contribution in [1.29, 1.82) is 0 Å². The van der Waals surface area contributed by atoms with Gasteiger partial charge in [0.05, 0.1) is 21.2 Å². The van der Waals surface area contributed by atoms with Crippen molar-refractivity contribution < 1.29 is 9.53 Å². The number of halogens is 4. The highest BCUT2D eigenvalue weighted by Gasteiger charge is 2.24. The maximum absolute atomic E-state index is 13.0. The molecule has 0 bridgehead atoms. The van der Waals surface area contributed by atoms with Crippen LogP contribution in [0, 0.1) is 0 Å². The Morgan fingerprint density at radius 2 is 1.88 bits per heavy atom. The Bertz CT molecular complexity index is 770. The molecule has 7 heteroatoms. The number of nitrogens with one attached hydrogen (secondary N) is 1. The molecule has 0 spiro atoms. The van der Waals surface area contributed by atoms with Crippen LogP contribution in [0.4, 0.5) is 0 Å². The number of H-pyrrole nitrogens is 1. The van der Waals surface area contributed by atoms with Crippen LogP contribution in [0.15, 0.2) is 27.1 Å². The minimum Gasteiger partial charge on any atom is -0.490 e. The van der Waals surface area contributed by atoms with E-state index in [0.717, 1.165) is 30.2 Å². The van der Waals surface area contributed by atoms with Crippen LogP contribution in [0.25, 0.3) is 0 Å². The first-order valence-electron chi connectivity index (χ1n) is 7.70. The summed E-state index contributed by atoms with van der Waals surface area (Å²) in [5.74, 6) is 0.367. The molecule has 0 radical (unpaired) electrons. The predicted octanol–water partition coefficient (Wildman–Crippen LogP) is 6.79. The Kier molecular flexibility index (Phi) is 5.96. The molecule has 0 aliphatic heterocycles. The highest BCUT2D eigenvalue weighted by molar-refractivity contribution is 9.10. The van der Waals surface area contributed by atoms with Gasteiger partial charge in [0.2, 0.25) is 5.78 Å². The highest BCUT2D eigenvalue weighted by atomic mass is 79.9. The Hall–Kier alpha value is -0.490. The molecule has 1 saturated carbocycles. The molecule has 0 amide bonds. The molecule has 1 aliphatic carbocycles. The number of hydrogen-bond donors (Lipinski definition) is 1. The van der Waals surface area contributed by atoms with Gasteiger partial charge in [0.1, 0.15) is 16.6 Å². The molecule has 0 atom stereocenters. The maximum Gasteiger partial charge on any atom is 0.214 e. The smallest absolute Gasteiger partial charge is 0.214 e. The molecule has 24 heavy (non-hydrogen) atoms. The molecule has 1 N–H and O–H groups in total. The zero-order valence-corrected chi connectivity index (χ0v) is 17.4. The van der Waals surface area contributed by atoms with E-state index in [0.29, 0.717) is 26.5 Å². The molecular weight excluding hydrogens is 481 g/mol. The Balaban J connectivity index is 1.94. The minimum atomic E-state index is -0.220. The molecule has 2 aromatic rings. The van der Waals surface area contributed by atoms with Gasteiger partial charge < -0.3 is 9.72 Å². The third-order valence-electron chi connectivity index (χ3n) is 4.10. The Morgan fingerprint density at radius 3 is 2.50 bits per heavy atom. The van der Waals surface area contributed by atoms with E-state index in [9.17, 15) is 4.79 Å². The fourth-order valence-electron chi connectivity index (χ4n) is 2.86. The fourth-order valence-corrected chi connectivity index (χ4v) is 4.15. The summed E-state index contributed by atoms with van der Waals surface area (Å²) in [6, 6.07) is 5.46. The normalized spacial score (nSPS) is 15.5. The van der Waals surface area contributed by atoms with E-state index in [4.69, 9.17) is 27.9 Å². The Labute approximate surface area is 167 Å². The maximum atomic E-state index is 13.0. The lowest BCUT2D eigenvalue weighted by Crippen LogP contribution is -2.21. The highest BCUT2D eigenvalue weighted by Crippen LogP contribution is 2.36. The van der Waals surface area contributed by atoms with Gasteiger partial charge in [-0.05, 0) is 59.8 Å². The lowest BCUT2D eigenvalue weighted by atomic mass is 9.97. The number of aromatic nitrogens is 1. The molecule has 1 fully saturated rings. The topological polar surface area (TPSA) is 42.1 Å². The molecule has 1 aliphatic rings. The summed E-state index contributed by atoms with van der Waals surface area (Å²) >= 11 is 18.8. The quantitative estimate of drug-likeness (QED) is 0.474. The number of aromatic amines is 1. The van der Waals surface area contributed by atoms with E-state index >= 15 is 0 Å². The van der Waals surface area contributed by atoms with E-state index in [1.165, 1.54) is 6.42 Å². The van der Waals surface area contributed by atoms with Crippen molar-refractivity contribution in [3.63, 3.8) is 0 Å². The molecule has 0 saturated heterocycles. The van der Waals surface area contributed by atoms with Crippen molar-refractivity contribution in [3.05, 3.63) is 48.6 Å². The third kappa shape index (κ3) is 3.85. The summed E-state index contributed by atoms with van der Waals surface area (Å²) in [6.07, 6.45) is 5.78. The second kappa shape index (κ2) is 7.81. The monoisotopic (exact) mass is 493 g/mol. The van der Waals surface area contributed by atoms with Crippen LogP contribution in [-0.4, -0.2) is 16.9 Å². The van der Waals surface area contributed by atoms with Crippen molar-refractivity contribution >= 4 is 60.8 Å². The second-order valence-electron chi connectivity index (χ2n) is 5.79. The molecule has 3 rings (SSSR count). The molecule has 3 nitrogen and oxygen atoms in total. The zero-order chi connectivity index (χ0) is 17.3. The molecule has 1 aromatic carbocycles. The van der Waals surface area contributed by atoms with Gasteiger partial charge in [-0.15, -0.1) is 0 Å². The first kappa shape index (κ1) is 18.3. The van der Waals surface area contributed by atoms with Crippen LogP contribution in [0.1, 0.15) is 48.2 Å². The molecule has 128 valence electrons. The summed E-state index contributed by atoms with van der Waals surface area (Å²) < 4.78 is 7.39. The van der Waals surface area contributed by atoms with Gasteiger partial charge >= 0.3 is 0 Å². The Morgan fingerprint density at radius 1 is 1.17 bits per heavy atom. The molecule has 1 heterocycles. The number of hydrogen-bond acceptors (Lipinski definition) is 2. The van der Waals surface area contributed by atoms with Gasteiger partial charge in [0.15, 0.2) is 0 Å². The van der Waals surface area contributed by atoms with Gasteiger partial charge in [-0.25, -0.2) is 0 Å². The number of rotatable bonds is 4. The summed E-state index contributed by atoms with van der Waals surface area (Å²) in [4.78, 5) is 15.8. The summed E-state index contributed by atoms with van der Waals surface area (Å²) in [5.41, 5.74) is 0.793. The standard InChI is InChI=1S/C17H15Br2Cl2NO2/c18-9-6-7-12(24-10-4-2-1-3-5-10)11(8-9)16(23)15-13(19)14(20)17(21)22-15/h6-8,10,22H,1-5H2. The van der Waals surface area contributed by atoms with Gasteiger partial charge in [-0.3, -0.25) is 4.79 Å². The van der Waals surface area contributed by atoms with Crippen LogP contribution in [-0.2, 0) is 0 Å². The largest absolute Gasteiger partial charge is 0.490 e. The van der Waals surface area contributed by atoms with Gasteiger partial charge in [-0.2, -0.15) is 0 Å². The third-order valence-corrected chi connectivity index (χ3v) is 6.37. The first-order chi connectivity index (χ1) is 11.5.